The molecule has 0 aliphatic rings. The number of aromatic hydroxyl groups is 1. The zero-order chi connectivity index (χ0) is 19.6. The highest BCUT2D eigenvalue weighted by atomic mass is 35.5. The Balaban J connectivity index is 1.71. The van der Waals surface area contributed by atoms with Crippen LogP contribution in [0.1, 0.15) is 21.5 Å². The normalized spacial score (nSPS) is 10.7. The Labute approximate surface area is 172 Å². The molecule has 138 valence electrons. The topological polar surface area (TPSA) is 49.3 Å². The third-order valence-corrected chi connectivity index (χ3v) is 5.71. The SMILES string of the molecule is Cc1ccc(Sc2ccc(NC(=O)c3cc(Cl)c(O)c(Cl)c3)cc2)c(C)c1. The second kappa shape index (κ2) is 8.26. The molecule has 0 fully saturated rings. The van der Waals surface area contributed by atoms with Gasteiger partial charge in [0, 0.05) is 21.0 Å². The number of phenols is 1. The van der Waals surface area contributed by atoms with E-state index in [0.717, 1.165) is 4.90 Å². The molecule has 3 nitrogen and oxygen atoms in total. The van der Waals surface area contributed by atoms with Gasteiger partial charge in [0.25, 0.3) is 5.91 Å². The van der Waals surface area contributed by atoms with Crippen LogP contribution >= 0.6 is 35.0 Å². The Hall–Kier alpha value is -2.14. The Bertz CT molecular complexity index is 981. The van der Waals surface area contributed by atoms with Crippen molar-refractivity contribution in [2.45, 2.75) is 23.6 Å². The van der Waals surface area contributed by atoms with Crippen LogP contribution in [0.25, 0.3) is 0 Å². The summed E-state index contributed by atoms with van der Waals surface area (Å²) in [7, 11) is 0. The number of benzene rings is 3. The average molecular weight is 418 g/mol. The van der Waals surface area contributed by atoms with Crippen LogP contribution in [0.15, 0.2) is 64.4 Å². The van der Waals surface area contributed by atoms with Crippen molar-refractivity contribution >= 4 is 46.6 Å². The van der Waals surface area contributed by atoms with Gasteiger partial charge in [-0.25, -0.2) is 0 Å². The van der Waals surface area contributed by atoms with Crippen LogP contribution in [-0.4, -0.2) is 11.0 Å². The zero-order valence-corrected chi connectivity index (χ0v) is 17.0. The molecule has 6 heteroatoms. The van der Waals surface area contributed by atoms with Crippen molar-refractivity contribution in [3.05, 3.63) is 81.3 Å². The minimum absolute atomic E-state index is 0.0351. The molecule has 0 saturated heterocycles. The van der Waals surface area contributed by atoms with Gasteiger partial charge in [0.1, 0.15) is 0 Å². The van der Waals surface area contributed by atoms with E-state index in [1.54, 1.807) is 11.8 Å². The van der Waals surface area contributed by atoms with E-state index in [-0.39, 0.29) is 27.3 Å². The summed E-state index contributed by atoms with van der Waals surface area (Å²) in [5.41, 5.74) is 3.41. The summed E-state index contributed by atoms with van der Waals surface area (Å²) in [6.45, 7) is 4.17. The minimum Gasteiger partial charge on any atom is -0.505 e. The standard InChI is InChI=1S/C21H17Cl2NO2S/c1-12-3-8-19(13(2)9-12)27-16-6-4-15(5-7-16)24-21(26)14-10-17(22)20(25)18(23)11-14/h3-11,25H,1-2H3,(H,24,26). The van der Waals surface area contributed by atoms with Crippen molar-refractivity contribution in [2.75, 3.05) is 5.32 Å². The van der Waals surface area contributed by atoms with Gasteiger partial charge < -0.3 is 10.4 Å². The van der Waals surface area contributed by atoms with Crippen LogP contribution in [0.5, 0.6) is 5.75 Å². The van der Waals surface area contributed by atoms with Gasteiger partial charge in [-0.3, -0.25) is 4.79 Å². The maximum atomic E-state index is 12.4. The van der Waals surface area contributed by atoms with Gasteiger partial charge in [-0.2, -0.15) is 0 Å². The van der Waals surface area contributed by atoms with Crippen molar-refractivity contribution in [3.8, 4) is 5.75 Å². The second-order valence-electron chi connectivity index (χ2n) is 6.14. The summed E-state index contributed by atoms with van der Waals surface area (Å²) < 4.78 is 0. The maximum Gasteiger partial charge on any atom is 0.255 e. The summed E-state index contributed by atoms with van der Waals surface area (Å²) in [5, 5.41) is 12.5. The van der Waals surface area contributed by atoms with Gasteiger partial charge in [-0.1, -0.05) is 52.7 Å². The number of rotatable bonds is 4. The largest absolute Gasteiger partial charge is 0.505 e. The van der Waals surface area contributed by atoms with Gasteiger partial charge in [-0.15, -0.1) is 0 Å². The molecule has 3 aromatic carbocycles. The highest BCUT2D eigenvalue weighted by Gasteiger charge is 2.12. The van der Waals surface area contributed by atoms with Gasteiger partial charge in [-0.05, 0) is 61.9 Å². The number of halogens is 2. The molecule has 3 aromatic rings. The summed E-state index contributed by atoms with van der Waals surface area (Å²) >= 11 is 13.4. The molecule has 0 atom stereocenters. The quantitative estimate of drug-likeness (QED) is 0.495. The molecule has 0 bridgehead atoms. The van der Waals surface area contributed by atoms with E-state index < -0.39 is 0 Å². The molecule has 0 saturated carbocycles. The number of anilines is 1. The first-order valence-electron chi connectivity index (χ1n) is 8.18. The lowest BCUT2D eigenvalue weighted by Gasteiger charge is -2.09. The molecule has 3 rings (SSSR count). The van der Waals surface area contributed by atoms with Crippen LogP contribution in [-0.2, 0) is 0 Å². The van der Waals surface area contributed by atoms with E-state index in [1.165, 1.54) is 28.2 Å². The Morgan fingerprint density at radius 2 is 1.59 bits per heavy atom. The summed E-state index contributed by atoms with van der Waals surface area (Å²) in [6.07, 6.45) is 0. The molecule has 2 N–H and O–H groups in total. The van der Waals surface area contributed by atoms with E-state index in [9.17, 15) is 9.90 Å². The van der Waals surface area contributed by atoms with Gasteiger partial charge >= 0.3 is 0 Å². The first-order valence-corrected chi connectivity index (χ1v) is 9.75. The molecule has 0 spiro atoms. The van der Waals surface area contributed by atoms with Gasteiger partial charge in [0.15, 0.2) is 5.75 Å². The lowest BCUT2D eigenvalue weighted by Crippen LogP contribution is -2.11. The van der Waals surface area contributed by atoms with E-state index in [1.807, 2.05) is 24.3 Å². The van der Waals surface area contributed by atoms with Crippen molar-refractivity contribution in [2.24, 2.45) is 0 Å². The number of nitrogens with one attached hydrogen (secondary N) is 1. The number of carbonyl (C=O) groups excluding carboxylic acids is 1. The molecule has 0 aromatic heterocycles. The number of aryl methyl sites for hydroxylation is 2. The first-order chi connectivity index (χ1) is 12.8. The molecular weight excluding hydrogens is 401 g/mol. The molecule has 0 radical (unpaired) electrons. The average Bonchev–Trinajstić information content (AvgIpc) is 2.63. The van der Waals surface area contributed by atoms with Crippen LogP contribution < -0.4 is 5.32 Å². The van der Waals surface area contributed by atoms with E-state index in [4.69, 9.17) is 23.2 Å². The Morgan fingerprint density at radius 1 is 0.963 bits per heavy atom. The molecule has 0 unspecified atom stereocenters. The molecule has 1 amide bonds. The molecule has 0 heterocycles. The molecule has 0 aliphatic carbocycles. The molecular formula is C21H17Cl2NO2S. The second-order valence-corrected chi connectivity index (χ2v) is 8.07. The zero-order valence-electron chi connectivity index (χ0n) is 14.7. The predicted molar refractivity (Wildman–Crippen MR) is 113 cm³/mol. The highest BCUT2D eigenvalue weighted by Crippen LogP contribution is 2.33. The minimum atomic E-state index is -0.353. The lowest BCUT2D eigenvalue weighted by atomic mass is 10.2. The fourth-order valence-electron chi connectivity index (χ4n) is 2.55. The van der Waals surface area contributed by atoms with Crippen LogP contribution in [0.3, 0.4) is 0 Å². The van der Waals surface area contributed by atoms with Gasteiger partial charge in [0.2, 0.25) is 0 Å². The lowest BCUT2D eigenvalue weighted by molar-refractivity contribution is 0.102. The first kappa shape index (κ1) is 19.6. The fourth-order valence-corrected chi connectivity index (χ4v) is 3.92. The number of phenolic OH excluding ortho intramolecular Hbond substituents is 1. The van der Waals surface area contributed by atoms with Crippen LogP contribution in [0, 0.1) is 13.8 Å². The fraction of sp³-hybridized carbons (Fsp3) is 0.0952. The number of amides is 1. The third-order valence-electron chi connectivity index (χ3n) is 3.95. The summed E-state index contributed by atoms with van der Waals surface area (Å²) in [5.74, 6) is -0.587. The summed E-state index contributed by atoms with van der Waals surface area (Å²) in [6, 6.07) is 16.7. The van der Waals surface area contributed by atoms with Crippen molar-refractivity contribution < 1.29 is 9.90 Å². The van der Waals surface area contributed by atoms with E-state index >= 15 is 0 Å². The summed E-state index contributed by atoms with van der Waals surface area (Å²) in [4.78, 5) is 14.6. The predicted octanol–water partition coefficient (Wildman–Crippen LogP) is 6.72. The van der Waals surface area contributed by atoms with E-state index in [0.29, 0.717) is 5.69 Å². The van der Waals surface area contributed by atoms with Crippen molar-refractivity contribution in [1.29, 1.82) is 0 Å². The monoisotopic (exact) mass is 417 g/mol. The number of hydrogen-bond acceptors (Lipinski definition) is 3. The van der Waals surface area contributed by atoms with Crippen molar-refractivity contribution in [1.82, 2.24) is 0 Å². The number of carbonyl (C=O) groups is 1. The van der Waals surface area contributed by atoms with Crippen LogP contribution in [0.4, 0.5) is 5.69 Å². The van der Waals surface area contributed by atoms with Crippen LogP contribution in [0.2, 0.25) is 10.0 Å². The van der Waals surface area contributed by atoms with Crippen molar-refractivity contribution in [3.63, 3.8) is 0 Å². The maximum absolute atomic E-state index is 12.4. The number of hydrogen-bond donors (Lipinski definition) is 2. The Morgan fingerprint density at radius 3 is 2.19 bits per heavy atom. The highest BCUT2D eigenvalue weighted by molar-refractivity contribution is 7.99. The molecule has 27 heavy (non-hydrogen) atoms. The smallest absolute Gasteiger partial charge is 0.255 e. The molecule has 0 aliphatic heterocycles. The third kappa shape index (κ3) is 4.78. The van der Waals surface area contributed by atoms with Gasteiger partial charge in [0.05, 0.1) is 10.0 Å². The Kier molecular flexibility index (Phi) is 6.00. The van der Waals surface area contributed by atoms with E-state index in [2.05, 4.69) is 37.4 Å².